The molecule has 3 amide bonds. The van der Waals surface area contributed by atoms with Gasteiger partial charge in [-0.05, 0) is 6.42 Å². The summed E-state index contributed by atoms with van der Waals surface area (Å²) in [5, 5.41) is 32.9. The van der Waals surface area contributed by atoms with Gasteiger partial charge in [0.1, 0.15) is 18.1 Å². The minimum Gasteiger partial charge on any atom is -0.481 e. The average Bonchev–Trinajstić information content (AvgIpc) is 2.60. The number of hydrogen-bond donors (Lipinski definition) is 8. The molecule has 13 nitrogen and oxygen atoms in total. The van der Waals surface area contributed by atoms with Crippen LogP contribution >= 0.6 is 12.6 Å². The molecule has 0 aliphatic rings. The average molecular weight is 422 g/mol. The summed E-state index contributed by atoms with van der Waals surface area (Å²) in [6.45, 7) is -0.416. The van der Waals surface area contributed by atoms with Crippen LogP contribution in [0.4, 0.5) is 0 Å². The monoisotopic (exact) mass is 422 g/mol. The molecule has 0 aromatic heterocycles. The Kier molecular flexibility index (Phi) is 11.2. The molecule has 3 atom stereocenters. The Morgan fingerprint density at radius 2 is 1.36 bits per heavy atom. The molecule has 0 saturated carbocycles. The molecular formula is C14H22N4O9S. The zero-order chi connectivity index (χ0) is 21.9. The van der Waals surface area contributed by atoms with Crippen molar-refractivity contribution < 1.29 is 44.1 Å². The Morgan fingerprint density at radius 3 is 1.79 bits per heavy atom. The molecule has 158 valence electrons. The van der Waals surface area contributed by atoms with Crippen molar-refractivity contribution in [3.8, 4) is 0 Å². The number of carboxylic acids is 3. The van der Waals surface area contributed by atoms with E-state index in [4.69, 9.17) is 21.1 Å². The lowest BCUT2D eigenvalue weighted by atomic mass is 10.1. The largest absolute Gasteiger partial charge is 0.481 e. The smallest absolute Gasteiger partial charge is 0.326 e. The quantitative estimate of drug-likeness (QED) is 0.138. The Balaban J connectivity index is 5.21. The summed E-state index contributed by atoms with van der Waals surface area (Å²) in [7, 11) is 0. The van der Waals surface area contributed by atoms with E-state index in [9.17, 15) is 28.8 Å². The van der Waals surface area contributed by atoms with Crippen molar-refractivity contribution in [2.24, 2.45) is 5.73 Å². The summed E-state index contributed by atoms with van der Waals surface area (Å²) in [5.74, 6) is -7.23. The molecule has 0 bridgehead atoms. The van der Waals surface area contributed by atoms with Crippen LogP contribution in [0.25, 0.3) is 0 Å². The lowest BCUT2D eigenvalue weighted by molar-refractivity contribution is -0.144. The van der Waals surface area contributed by atoms with Gasteiger partial charge in [0.05, 0.1) is 13.0 Å². The lowest BCUT2D eigenvalue weighted by Gasteiger charge is -2.22. The highest BCUT2D eigenvalue weighted by molar-refractivity contribution is 7.80. The molecule has 0 fully saturated rings. The molecule has 28 heavy (non-hydrogen) atoms. The topological polar surface area (TPSA) is 225 Å². The maximum Gasteiger partial charge on any atom is 0.326 e. The Labute approximate surface area is 164 Å². The highest BCUT2D eigenvalue weighted by Crippen LogP contribution is 2.02. The first-order chi connectivity index (χ1) is 13.0. The first kappa shape index (κ1) is 25.1. The molecule has 0 rings (SSSR count). The summed E-state index contributed by atoms with van der Waals surface area (Å²) in [6, 6.07) is -4.49. The molecule has 0 aliphatic heterocycles. The summed E-state index contributed by atoms with van der Waals surface area (Å²) in [6.07, 6.45) is -1.89. The van der Waals surface area contributed by atoms with Gasteiger partial charge in [-0.1, -0.05) is 0 Å². The van der Waals surface area contributed by atoms with Crippen LogP contribution in [0.5, 0.6) is 0 Å². The third-order valence-electron chi connectivity index (χ3n) is 3.29. The molecule has 0 saturated heterocycles. The van der Waals surface area contributed by atoms with Crippen molar-refractivity contribution in [2.75, 3.05) is 12.3 Å². The molecule has 0 aromatic carbocycles. The van der Waals surface area contributed by atoms with E-state index >= 15 is 0 Å². The van der Waals surface area contributed by atoms with Crippen LogP contribution in [0.1, 0.15) is 19.3 Å². The fraction of sp³-hybridized carbons (Fsp3) is 0.571. The van der Waals surface area contributed by atoms with Gasteiger partial charge < -0.3 is 37.0 Å². The summed E-state index contributed by atoms with van der Waals surface area (Å²) >= 11 is 3.88. The van der Waals surface area contributed by atoms with Crippen molar-refractivity contribution in [1.82, 2.24) is 16.0 Å². The third-order valence-corrected chi connectivity index (χ3v) is 3.66. The van der Waals surface area contributed by atoms with E-state index in [1.54, 1.807) is 0 Å². The van der Waals surface area contributed by atoms with Gasteiger partial charge in [0, 0.05) is 12.2 Å². The number of nitrogens with one attached hydrogen (secondary N) is 3. The molecule has 8 N–H and O–H groups in total. The van der Waals surface area contributed by atoms with Gasteiger partial charge >= 0.3 is 17.9 Å². The number of aliphatic carboxylic acids is 3. The highest BCUT2D eigenvalue weighted by atomic mass is 32.1. The zero-order valence-corrected chi connectivity index (χ0v) is 15.5. The van der Waals surface area contributed by atoms with Gasteiger partial charge in [0.25, 0.3) is 0 Å². The number of amides is 3. The first-order valence-corrected chi connectivity index (χ1v) is 8.52. The summed E-state index contributed by atoms with van der Waals surface area (Å²) in [5.41, 5.74) is 5.12. The standard InChI is InChI=1S/C14H22N4O9S/c15-4-9(19)16-8(5-28)13(25)18-7(3-11(22)23)12(24)17-6(14(26)27)1-2-10(20)21/h6-8,28H,1-5,15H2,(H,16,19)(H,17,24)(H,18,25)(H,20,21)(H,22,23)(H,26,27). The molecule has 0 heterocycles. The van der Waals surface area contributed by atoms with Crippen LogP contribution in [-0.4, -0.2) is 81.4 Å². The van der Waals surface area contributed by atoms with Gasteiger partial charge in [-0.3, -0.25) is 24.0 Å². The van der Waals surface area contributed by atoms with E-state index in [0.29, 0.717) is 0 Å². The number of rotatable bonds is 13. The van der Waals surface area contributed by atoms with Crippen LogP contribution in [-0.2, 0) is 28.8 Å². The van der Waals surface area contributed by atoms with Crippen LogP contribution in [0.3, 0.4) is 0 Å². The van der Waals surface area contributed by atoms with Gasteiger partial charge in [-0.15, -0.1) is 0 Å². The fourth-order valence-electron chi connectivity index (χ4n) is 1.90. The van der Waals surface area contributed by atoms with Crippen molar-refractivity contribution in [3.63, 3.8) is 0 Å². The Morgan fingerprint density at radius 1 is 0.821 bits per heavy atom. The van der Waals surface area contributed by atoms with E-state index in [0.717, 1.165) is 0 Å². The lowest BCUT2D eigenvalue weighted by Crippen LogP contribution is -2.57. The van der Waals surface area contributed by atoms with E-state index in [2.05, 4.69) is 23.3 Å². The van der Waals surface area contributed by atoms with Crippen molar-refractivity contribution >= 4 is 48.3 Å². The molecule has 14 heteroatoms. The van der Waals surface area contributed by atoms with Crippen LogP contribution in [0.2, 0.25) is 0 Å². The van der Waals surface area contributed by atoms with Crippen LogP contribution < -0.4 is 21.7 Å². The maximum absolute atomic E-state index is 12.2. The van der Waals surface area contributed by atoms with Crippen molar-refractivity contribution in [1.29, 1.82) is 0 Å². The molecule has 0 aromatic rings. The normalized spacial score (nSPS) is 13.5. The van der Waals surface area contributed by atoms with E-state index < -0.39 is 79.6 Å². The van der Waals surface area contributed by atoms with Crippen LogP contribution in [0.15, 0.2) is 0 Å². The number of thiol groups is 1. The highest BCUT2D eigenvalue weighted by Gasteiger charge is 2.30. The molecule has 0 aliphatic carbocycles. The Bertz CT molecular complexity index is 628. The minimum absolute atomic E-state index is 0.185. The molecule has 0 radical (unpaired) electrons. The van der Waals surface area contributed by atoms with Crippen molar-refractivity contribution in [3.05, 3.63) is 0 Å². The number of carbonyl (C=O) groups excluding carboxylic acids is 3. The number of nitrogens with two attached hydrogens (primary N) is 1. The van der Waals surface area contributed by atoms with E-state index in [1.807, 2.05) is 5.32 Å². The number of hydrogen-bond acceptors (Lipinski definition) is 8. The summed E-state index contributed by atoms with van der Waals surface area (Å²) in [4.78, 5) is 68.4. The van der Waals surface area contributed by atoms with E-state index in [1.165, 1.54) is 0 Å². The zero-order valence-electron chi connectivity index (χ0n) is 14.6. The van der Waals surface area contributed by atoms with Crippen molar-refractivity contribution in [2.45, 2.75) is 37.4 Å². The molecule has 3 unspecified atom stereocenters. The third kappa shape index (κ3) is 9.72. The summed E-state index contributed by atoms with van der Waals surface area (Å²) < 4.78 is 0. The van der Waals surface area contributed by atoms with Gasteiger partial charge in [-0.2, -0.15) is 12.6 Å². The fourth-order valence-corrected chi connectivity index (χ4v) is 2.16. The minimum atomic E-state index is -1.67. The number of carbonyl (C=O) groups is 6. The van der Waals surface area contributed by atoms with Gasteiger partial charge in [0.15, 0.2) is 0 Å². The predicted molar refractivity (Wildman–Crippen MR) is 95.5 cm³/mol. The SMILES string of the molecule is NCC(=O)NC(CS)C(=O)NC(CC(=O)O)C(=O)NC(CCC(=O)O)C(=O)O. The maximum atomic E-state index is 12.2. The second kappa shape index (κ2) is 12.5. The number of carboxylic acid groups (broad SMARTS) is 3. The predicted octanol–water partition coefficient (Wildman–Crippen LogP) is -3.25. The van der Waals surface area contributed by atoms with Crippen LogP contribution in [0, 0.1) is 0 Å². The van der Waals surface area contributed by atoms with Gasteiger partial charge in [-0.25, -0.2) is 4.79 Å². The second-order valence-electron chi connectivity index (χ2n) is 5.50. The second-order valence-corrected chi connectivity index (χ2v) is 5.86. The molecule has 0 spiro atoms. The first-order valence-electron chi connectivity index (χ1n) is 7.89. The molecular weight excluding hydrogens is 400 g/mol. The Hall–Kier alpha value is -2.87. The van der Waals surface area contributed by atoms with E-state index in [-0.39, 0.29) is 5.75 Å². The van der Waals surface area contributed by atoms with Gasteiger partial charge in [0.2, 0.25) is 17.7 Å².